The summed E-state index contributed by atoms with van der Waals surface area (Å²) in [7, 11) is 1.78. The second-order valence-corrected chi connectivity index (χ2v) is 8.45. The Morgan fingerprint density at radius 1 is 1.31 bits per heavy atom. The SMILES string of the molecule is CN=C(NCC1(SC)CCOCC1)NCC(C)(C)c1cccc(F)c1.I. The van der Waals surface area contributed by atoms with Crippen molar-refractivity contribution in [2.75, 3.05) is 39.6 Å². The van der Waals surface area contributed by atoms with Crippen molar-refractivity contribution < 1.29 is 9.13 Å². The lowest BCUT2D eigenvalue weighted by atomic mass is 9.84. The van der Waals surface area contributed by atoms with Gasteiger partial charge in [-0.15, -0.1) is 24.0 Å². The first-order chi connectivity index (χ1) is 11.9. The highest BCUT2D eigenvalue weighted by atomic mass is 127. The lowest BCUT2D eigenvalue weighted by Crippen LogP contribution is -2.49. The van der Waals surface area contributed by atoms with Gasteiger partial charge in [0.05, 0.1) is 0 Å². The van der Waals surface area contributed by atoms with E-state index in [0.29, 0.717) is 6.54 Å². The van der Waals surface area contributed by atoms with Crippen LogP contribution in [0.15, 0.2) is 29.3 Å². The molecule has 0 unspecified atom stereocenters. The lowest BCUT2D eigenvalue weighted by molar-refractivity contribution is 0.0783. The standard InChI is InChI=1S/C19H30FN3OS.HI/c1-18(2,15-6-5-7-16(20)12-15)13-22-17(21-3)23-14-19(25-4)8-10-24-11-9-19;/h5-7,12H,8-11,13-14H2,1-4H3,(H2,21,22,23);1H. The summed E-state index contributed by atoms with van der Waals surface area (Å²) in [4.78, 5) is 4.33. The number of rotatable bonds is 6. The zero-order valence-corrected chi connectivity index (χ0v) is 19.2. The second-order valence-electron chi connectivity index (χ2n) is 7.17. The number of ether oxygens (including phenoxy) is 1. The minimum Gasteiger partial charge on any atom is -0.381 e. The highest BCUT2D eigenvalue weighted by molar-refractivity contribution is 14.0. The van der Waals surface area contributed by atoms with E-state index in [1.807, 2.05) is 17.8 Å². The molecule has 1 heterocycles. The van der Waals surface area contributed by atoms with Gasteiger partial charge in [0.2, 0.25) is 0 Å². The first-order valence-electron chi connectivity index (χ1n) is 8.74. The Labute approximate surface area is 178 Å². The van der Waals surface area contributed by atoms with Crippen LogP contribution in [0.3, 0.4) is 0 Å². The Balaban J connectivity index is 0.00000338. The molecule has 0 saturated carbocycles. The number of hydrogen-bond donors (Lipinski definition) is 2. The maximum atomic E-state index is 13.5. The molecular formula is C19H31FIN3OS. The molecule has 1 aromatic carbocycles. The molecule has 0 amide bonds. The van der Waals surface area contributed by atoms with Crippen molar-refractivity contribution in [2.45, 2.75) is 36.9 Å². The van der Waals surface area contributed by atoms with Crippen molar-refractivity contribution in [1.82, 2.24) is 10.6 Å². The Kier molecular flexibility index (Phi) is 9.68. The first kappa shape index (κ1) is 23.5. The third-order valence-electron chi connectivity index (χ3n) is 4.94. The van der Waals surface area contributed by atoms with E-state index in [9.17, 15) is 4.39 Å². The van der Waals surface area contributed by atoms with Gasteiger partial charge in [-0.25, -0.2) is 4.39 Å². The largest absolute Gasteiger partial charge is 0.381 e. The van der Waals surface area contributed by atoms with Gasteiger partial charge in [0.1, 0.15) is 5.82 Å². The van der Waals surface area contributed by atoms with Crippen LogP contribution in [0.5, 0.6) is 0 Å². The van der Waals surface area contributed by atoms with E-state index in [1.165, 1.54) is 6.07 Å². The van der Waals surface area contributed by atoms with Crippen LogP contribution in [-0.4, -0.2) is 50.3 Å². The summed E-state index contributed by atoms with van der Waals surface area (Å²) in [6.07, 6.45) is 4.26. The second kappa shape index (κ2) is 10.7. The van der Waals surface area contributed by atoms with E-state index in [2.05, 4.69) is 35.7 Å². The number of halogens is 2. The predicted molar refractivity (Wildman–Crippen MR) is 121 cm³/mol. The van der Waals surface area contributed by atoms with Gasteiger partial charge in [0.15, 0.2) is 5.96 Å². The molecule has 148 valence electrons. The number of nitrogens with one attached hydrogen (secondary N) is 2. The smallest absolute Gasteiger partial charge is 0.191 e. The zero-order chi connectivity index (χ0) is 18.3. The number of benzene rings is 1. The molecule has 7 heteroatoms. The van der Waals surface area contributed by atoms with Crippen LogP contribution in [0.1, 0.15) is 32.3 Å². The first-order valence-corrected chi connectivity index (χ1v) is 9.97. The van der Waals surface area contributed by atoms with E-state index in [1.54, 1.807) is 19.2 Å². The van der Waals surface area contributed by atoms with Gasteiger partial charge < -0.3 is 15.4 Å². The quantitative estimate of drug-likeness (QED) is 0.358. The molecule has 0 spiro atoms. The van der Waals surface area contributed by atoms with Crippen LogP contribution in [0.2, 0.25) is 0 Å². The van der Waals surface area contributed by atoms with E-state index in [-0.39, 0.29) is 40.0 Å². The summed E-state index contributed by atoms with van der Waals surface area (Å²) >= 11 is 1.90. The summed E-state index contributed by atoms with van der Waals surface area (Å²) in [6.45, 7) is 7.37. The van der Waals surface area contributed by atoms with Crippen LogP contribution in [0.4, 0.5) is 4.39 Å². The summed E-state index contributed by atoms with van der Waals surface area (Å²) in [6, 6.07) is 6.80. The maximum Gasteiger partial charge on any atom is 0.191 e. The molecule has 0 aliphatic carbocycles. The van der Waals surface area contributed by atoms with Crippen molar-refractivity contribution >= 4 is 41.7 Å². The van der Waals surface area contributed by atoms with E-state index in [4.69, 9.17) is 4.74 Å². The summed E-state index contributed by atoms with van der Waals surface area (Å²) in [5.74, 6) is 0.582. The van der Waals surface area contributed by atoms with Gasteiger partial charge in [-0.2, -0.15) is 11.8 Å². The fourth-order valence-electron chi connectivity index (χ4n) is 2.98. The summed E-state index contributed by atoms with van der Waals surface area (Å²) < 4.78 is 19.2. The van der Waals surface area contributed by atoms with E-state index < -0.39 is 0 Å². The molecule has 2 N–H and O–H groups in total. The number of guanidine groups is 1. The lowest BCUT2D eigenvalue weighted by Gasteiger charge is -2.36. The Hall–Kier alpha value is -0.540. The van der Waals surface area contributed by atoms with E-state index >= 15 is 0 Å². The van der Waals surface area contributed by atoms with Crippen LogP contribution < -0.4 is 10.6 Å². The molecule has 2 rings (SSSR count). The summed E-state index contributed by atoms with van der Waals surface area (Å²) in [5, 5.41) is 6.84. The molecule has 1 aromatic rings. The van der Waals surface area contributed by atoms with Crippen LogP contribution >= 0.6 is 35.7 Å². The fraction of sp³-hybridized carbons (Fsp3) is 0.632. The Bertz CT molecular complexity index is 592. The van der Waals surface area contributed by atoms with Crippen molar-refractivity contribution in [2.24, 2.45) is 4.99 Å². The molecule has 4 nitrogen and oxygen atoms in total. The molecule has 0 radical (unpaired) electrons. The summed E-state index contributed by atoms with van der Waals surface area (Å²) in [5.41, 5.74) is 0.774. The van der Waals surface area contributed by atoms with Gasteiger partial charge in [-0.1, -0.05) is 26.0 Å². The average molecular weight is 495 g/mol. The average Bonchev–Trinajstić information content (AvgIpc) is 2.62. The van der Waals surface area contributed by atoms with Gasteiger partial charge in [-0.05, 0) is 36.8 Å². The number of hydrogen-bond acceptors (Lipinski definition) is 3. The monoisotopic (exact) mass is 495 g/mol. The van der Waals surface area contributed by atoms with E-state index in [0.717, 1.165) is 44.1 Å². The van der Waals surface area contributed by atoms with Crippen LogP contribution in [-0.2, 0) is 10.2 Å². The molecule has 26 heavy (non-hydrogen) atoms. The van der Waals surface area contributed by atoms with Crippen molar-refractivity contribution in [3.05, 3.63) is 35.6 Å². The van der Waals surface area contributed by atoms with Gasteiger partial charge in [0.25, 0.3) is 0 Å². The minimum atomic E-state index is -0.200. The normalized spacial score (nSPS) is 17.3. The Morgan fingerprint density at radius 3 is 2.58 bits per heavy atom. The highest BCUT2D eigenvalue weighted by Gasteiger charge is 2.32. The predicted octanol–water partition coefficient (Wildman–Crippen LogP) is 3.80. The fourth-order valence-corrected chi connectivity index (χ4v) is 3.77. The molecule has 1 saturated heterocycles. The van der Waals surface area contributed by atoms with Crippen LogP contribution in [0, 0.1) is 5.82 Å². The topological polar surface area (TPSA) is 45.7 Å². The molecule has 0 aromatic heterocycles. The molecule has 0 bridgehead atoms. The highest BCUT2D eigenvalue weighted by Crippen LogP contribution is 2.33. The molecule has 1 fully saturated rings. The number of nitrogens with zero attached hydrogens (tertiary/aromatic N) is 1. The van der Waals surface area contributed by atoms with Gasteiger partial charge in [-0.3, -0.25) is 4.99 Å². The number of thioether (sulfide) groups is 1. The third-order valence-corrected chi connectivity index (χ3v) is 6.36. The zero-order valence-electron chi connectivity index (χ0n) is 16.1. The van der Waals surface area contributed by atoms with Crippen molar-refractivity contribution in [3.63, 3.8) is 0 Å². The molecule has 0 atom stereocenters. The molecule has 1 aliphatic rings. The molecule has 1 aliphatic heterocycles. The Morgan fingerprint density at radius 2 is 2.00 bits per heavy atom. The van der Waals surface area contributed by atoms with Gasteiger partial charge >= 0.3 is 0 Å². The minimum absolute atomic E-state index is 0. The number of aliphatic imine (C=N–C) groups is 1. The van der Waals surface area contributed by atoms with Crippen molar-refractivity contribution in [1.29, 1.82) is 0 Å². The molecular weight excluding hydrogens is 464 g/mol. The van der Waals surface area contributed by atoms with Crippen LogP contribution in [0.25, 0.3) is 0 Å². The van der Waals surface area contributed by atoms with Gasteiger partial charge in [0, 0.05) is 43.5 Å². The van der Waals surface area contributed by atoms with Crippen molar-refractivity contribution in [3.8, 4) is 0 Å². The third kappa shape index (κ3) is 6.56. The maximum absolute atomic E-state index is 13.5.